The average Bonchev–Trinajstić information content (AvgIpc) is 2.81. The minimum atomic E-state index is -0.115. The molecule has 0 atom stereocenters. The van der Waals surface area contributed by atoms with Crippen LogP contribution in [0.1, 0.15) is 24.8 Å². The van der Waals surface area contributed by atoms with E-state index in [0.717, 1.165) is 30.8 Å². The molecule has 0 saturated heterocycles. The summed E-state index contributed by atoms with van der Waals surface area (Å²) in [5, 5.41) is 0. The van der Waals surface area contributed by atoms with Gasteiger partial charge in [0.25, 0.3) is 0 Å². The van der Waals surface area contributed by atoms with Gasteiger partial charge in [0.2, 0.25) is 12.7 Å². The number of rotatable bonds is 5. The lowest BCUT2D eigenvalue weighted by atomic mass is 10.1. The second kappa shape index (κ2) is 5.54. The zero-order chi connectivity index (χ0) is 12.1. The predicted octanol–water partition coefficient (Wildman–Crippen LogP) is 1.12. The van der Waals surface area contributed by atoms with Gasteiger partial charge in [-0.2, -0.15) is 0 Å². The van der Waals surface area contributed by atoms with Crippen molar-refractivity contribution in [1.29, 1.82) is 0 Å². The Labute approximate surface area is 99.9 Å². The van der Waals surface area contributed by atoms with Crippen molar-refractivity contribution in [2.45, 2.75) is 25.7 Å². The number of carbonyl (C=O) groups excluding carboxylic acids is 1. The number of unbranched alkanes of at least 4 members (excludes halogenated alkanes) is 1. The van der Waals surface area contributed by atoms with Gasteiger partial charge in [-0.05, 0) is 37.0 Å². The maximum Gasteiger partial charge on any atom is 0.233 e. The Morgan fingerprint density at radius 1 is 1.29 bits per heavy atom. The molecule has 1 amide bonds. The maximum atomic E-state index is 10.9. The zero-order valence-corrected chi connectivity index (χ0v) is 9.57. The maximum absolute atomic E-state index is 10.9. The smallest absolute Gasteiger partial charge is 0.233 e. The molecule has 0 aliphatic carbocycles. The number of hydrogen-bond acceptors (Lipinski definition) is 4. The molecule has 17 heavy (non-hydrogen) atoms. The number of hydrogen-bond donors (Lipinski definition) is 2. The molecule has 0 spiro atoms. The van der Waals surface area contributed by atoms with E-state index in [4.69, 9.17) is 15.3 Å². The summed E-state index contributed by atoms with van der Waals surface area (Å²) < 4.78 is 10.5. The summed E-state index contributed by atoms with van der Waals surface area (Å²) >= 11 is 0. The van der Waals surface area contributed by atoms with Crippen molar-refractivity contribution in [3.05, 3.63) is 23.8 Å². The van der Waals surface area contributed by atoms with Crippen LogP contribution in [0.5, 0.6) is 11.5 Å². The van der Waals surface area contributed by atoms with E-state index in [0.29, 0.717) is 13.2 Å². The Kier molecular flexibility index (Phi) is 3.82. The van der Waals surface area contributed by atoms with E-state index in [2.05, 4.69) is 5.43 Å². The van der Waals surface area contributed by atoms with Gasteiger partial charge in [-0.25, -0.2) is 5.84 Å². The van der Waals surface area contributed by atoms with Gasteiger partial charge in [-0.1, -0.05) is 6.07 Å². The number of fused-ring (bicyclic) bond motifs is 1. The Morgan fingerprint density at radius 3 is 2.94 bits per heavy atom. The molecule has 2 rings (SSSR count). The van der Waals surface area contributed by atoms with Crippen molar-refractivity contribution < 1.29 is 14.3 Å². The number of nitrogens with one attached hydrogen (secondary N) is 1. The first-order chi connectivity index (χ1) is 8.29. The molecular formula is C12H16N2O3. The number of hydrazine groups is 1. The highest BCUT2D eigenvalue weighted by molar-refractivity contribution is 5.75. The van der Waals surface area contributed by atoms with E-state index >= 15 is 0 Å². The fourth-order valence-electron chi connectivity index (χ4n) is 1.78. The summed E-state index contributed by atoms with van der Waals surface area (Å²) in [5.41, 5.74) is 3.32. The van der Waals surface area contributed by atoms with E-state index in [1.54, 1.807) is 0 Å². The van der Waals surface area contributed by atoms with E-state index in [-0.39, 0.29) is 5.91 Å². The molecule has 0 saturated carbocycles. The van der Waals surface area contributed by atoms with Crippen LogP contribution in [0.4, 0.5) is 0 Å². The van der Waals surface area contributed by atoms with Crippen molar-refractivity contribution in [3.63, 3.8) is 0 Å². The second-order valence-electron chi connectivity index (χ2n) is 3.96. The quantitative estimate of drug-likeness (QED) is 0.348. The normalized spacial score (nSPS) is 12.5. The van der Waals surface area contributed by atoms with Crippen LogP contribution in [-0.4, -0.2) is 12.7 Å². The summed E-state index contributed by atoms with van der Waals surface area (Å²) in [6.45, 7) is 0.301. The molecule has 92 valence electrons. The highest BCUT2D eigenvalue weighted by atomic mass is 16.7. The van der Waals surface area contributed by atoms with Crippen LogP contribution in [0.2, 0.25) is 0 Å². The van der Waals surface area contributed by atoms with E-state index in [1.165, 1.54) is 5.56 Å². The number of benzene rings is 1. The minimum absolute atomic E-state index is 0.115. The molecule has 1 aliphatic rings. The number of amides is 1. The summed E-state index contributed by atoms with van der Waals surface area (Å²) in [4.78, 5) is 10.9. The van der Waals surface area contributed by atoms with Gasteiger partial charge < -0.3 is 9.47 Å². The molecule has 1 aromatic carbocycles. The van der Waals surface area contributed by atoms with Gasteiger partial charge in [0.1, 0.15) is 0 Å². The summed E-state index contributed by atoms with van der Waals surface area (Å²) in [6, 6.07) is 5.94. The Bertz CT molecular complexity index is 407. The van der Waals surface area contributed by atoms with E-state index in [9.17, 15) is 4.79 Å². The van der Waals surface area contributed by atoms with Crippen molar-refractivity contribution in [2.75, 3.05) is 6.79 Å². The average molecular weight is 236 g/mol. The number of ether oxygens (including phenoxy) is 2. The van der Waals surface area contributed by atoms with Gasteiger partial charge in [-0.3, -0.25) is 10.2 Å². The van der Waals surface area contributed by atoms with Crippen LogP contribution in [0.3, 0.4) is 0 Å². The number of nitrogens with two attached hydrogens (primary N) is 1. The Balaban J connectivity index is 1.78. The molecular weight excluding hydrogens is 220 g/mol. The zero-order valence-electron chi connectivity index (χ0n) is 9.57. The van der Waals surface area contributed by atoms with Gasteiger partial charge in [0.15, 0.2) is 11.5 Å². The van der Waals surface area contributed by atoms with Crippen LogP contribution in [0, 0.1) is 0 Å². The van der Waals surface area contributed by atoms with E-state index in [1.807, 2.05) is 18.2 Å². The lowest BCUT2D eigenvalue weighted by Gasteiger charge is -2.03. The Hall–Kier alpha value is -1.75. The van der Waals surface area contributed by atoms with Crippen molar-refractivity contribution >= 4 is 5.91 Å². The van der Waals surface area contributed by atoms with Gasteiger partial charge in [0, 0.05) is 6.42 Å². The monoisotopic (exact) mass is 236 g/mol. The molecule has 0 unspecified atom stereocenters. The highest BCUT2D eigenvalue weighted by Crippen LogP contribution is 2.32. The molecule has 5 nitrogen and oxygen atoms in total. The molecule has 0 fully saturated rings. The minimum Gasteiger partial charge on any atom is -0.454 e. The third-order valence-electron chi connectivity index (χ3n) is 2.72. The molecule has 0 bridgehead atoms. The SMILES string of the molecule is NNC(=O)CCCCc1ccc2c(c1)OCO2. The lowest BCUT2D eigenvalue weighted by Crippen LogP contribution is -2.29. The summed E-state index contributed by atoms with van der Waals surface area (Å²) in [6.07, 6.45) is 3.18. The molecule has 1 heterocycles. The molecule has 1 aliphatic heterocycles. The van der Waals surface area contributed by atoms with Crippen LogP contribution < -0.4 is 20.7 Å². The number of carbonyl (C=O) groups is 1. The van der Waals surface area contributed by atoms with Crippen molar-refractivity contribution in [3.8, 4) is 11.5 Å². The first-order valence-corrected chi connectivity index (χ1v) is 5.67. The Morgan fingerprint density at radius 2 is 2.12 bits per heavy atom. The standard InChI is InChI=1S/C12H16N2O3/c13-14-12(15)4-2-1-3-9-5-6-10-11(7-9)17-8-16-10/h5-7H,1-4,8,13H2,(H,14,15). The lowest BCUT2D eigenvalue weighted by molar-refractivity contribution is -0.121. The van der Waals surface area contributed by atoms with Crippen molar-refractivity contribution in [1.82, 2.24) is 5.43 Å². The van der Waals surface area contributed by atoms with Gasteiger partial charge in [-0.15, -0.1) is 0 Å². The molecule has 1 aromatic rings. The predicted molar refractivity (Wildman–Crippen MR) is 62.5 cm³/mol. The molecule has 3 N–H and O–H groups in total. The molecule has 5 heteroatoms. The largest absolute Gasteiger partial charge is 0.454 e. The highest BCUT2D eigenvalue weighted by Gasteiger charge is 2.12. The topological polar surface area (TPSA) is 73.6 Å². The fourth-order valence-corrected chi connectivity index (χ4v) is 1.78. The van der Waals surface area contributed by atoms with Gasteiger partial charge >= 0.3 is 0 Å². The first-order valence-electron chi connectivity index (χ1n) is 5.67. The van der Waals surface area contributed by atoms with Crippen LogP contribution >= 0.6 is 0 Å². The fraction of sp³-hybridized carbons (Fsp3) is 0.417. The summed E-state index contributed by atoms with van der Waals surface area (Å²) in [5.74, 6) is 6.49. The van der Waals surface area contributed by atoms with E-state index < -0.39 is 0 Å². The van der Waals surface area contributed by atoms with Crippen molar-refractivity contribution in [2.24, 2.45) is 5.84 Å². The third kappa shape index (κ3) is 3.10. The number of aryl methyl sites for hydroxylation is 1. The van der Waals surface area contributed by atoms with Gasteiger partial charge in [0.05, 0.1) is 0 Å². The van der Waals surface area contributed by atoms with Crippen LogP contribution in [0.15, 0.2) is 18.2 Å². The third-order valence-corrected chi connectivity index (χ3v) is 2.72. The second-order valence-corrected chi connectivity index (χ2v) is 3.96. The molecule has 0 radical (unpaired) electrons. The van der Waals surface area contributed by atoms with Crippen LogP contribution in [-0.2, 0) is 11.2 Å². The van der Waals surface area contributed by atoms with Crippen LogP contribution in [0.25, 0.3) is 0 Å². The first kappa shape index (κ1) is 11.7. The summed E-state index contributed by atoms with van der Waals surface area (Å²) in [7, 11) is 0. The molecule has 0 aromatic heterocycles.